The molecule has 0 bridgehead atoms. The van der Waals surface area contributed by atoms with Crippen molar-refractivity contribution in [3.8, 4) is 11.5 Å². The van der Waals surface area contributed by atoms with E-state index in [-0.39, 0.29) is 18.1 Å². The lowest BCUT2D eigenvalue weighted by atomic mass is 10.1. The van der Waals surface area contributed by atoms with E-state index in [1.807, 2.05) is 0 Å². The molecule has 0 radical (unpaired) electrons. The van der Waals surface area contributed by atoms with Gasteiger partial charge < -0.3 is 19.7 Å². The van der Waals surface area contributed by atoms with E-state index in [9.17, 15) is 18.0 Å². The number of likely N-dealkylation sites (N-methyl/N-ethyl adjacent to an activating group) is 1. The molecule has 2 aromatic carbocycles. The van der Waals surface area contributed by atoms with Gasteiger partial charge in [0.2, 0.25) is 21.8 Å². The van der Waals surface area contributed by atoms with Gasteiger partial charge in [0.25, 0.3) is 0 Å². The third kappa shape index (κ3) is 6.08. The Bertz CT molecular complexity index is 1140. The van der Waals surface area contributed by atoms with E-state index in [0.717, 1.165) is 10.6 Å². The first-order valence-corrected chi connectivity index (χ1v) is 12.5. The molecule has 0 spiro atoms. The quantitative estimate of drug-likeness (QED) is 0.601. The van der Waals surface area contributed by atoms with Gasteiger partial charge in [-0.3, -0.25) is 13.9 Å². The zero-order chi connectivity index (χ0) is 24.2. The summed E-state index contributed by atoms with van der Waals surface area (Å²) in [6.07, 6.45) is 1.01. The average molecular weight is 496 g/mol. The molecule has 0 aliphatic carbocycles. The number of ether oxygens (including phenoxy) is 2. The van der Waals surface area contributed by atoms with E-state index in [0.29, 0.717) is 35.3 Å². The van der Waals surface area contributed by atoms with Crippen LogP contribution < -0.4 is 19.1 Å². The minimum absolute atomic E-state index is 0.0761. The van der Waals surface area contributed by atoms with Crippen molar-refractivity contribution < 1.29 is 27.5 Å². The van der Waals surface area contributed by atoms with Gasteiger partial charge in [0.15, 0.2) is 11.5 Å². The fourth-order valence-electron chi connectivity index (χ4n) is 3.42. The standard InChI is InChI=1S/C22H26ClN3O6S/c1-15(22(28)24-2)25(13-16-5-4-6-17(23)11-16)21(27)14-26(33(3,29)30)18-7-8-19-20(12-18)32-10-9-31-19/h4-8,11-12,15H,9-10,13-14H2,1-3H3,(H,24,28). The molecule has 11 heteroatoms. The number of carbonyl (C=O) groups excluding carboxylic acids is 2. The summed E-state index contributed by atoms with van der Waals surface area (Å²) >= 11 is 6.07. The molecule has 1 unspecified atom stereocenters. The van der Waals surface area contributed by atoms with Crippen LogP contribution in [0, 0.1) is 0 Å². The minimum Gasteiger partial charge on any atom is -0.486 e. The molecule has 3 rings (SSSR count). The molecule has 1 heterocycles. The van der Waals surface area contributed by atoms with Crippen LogP contribution in [0.4, 0.5) is 5.69 Å². The van der Waals surface area contributed by atoms with Crippen LogP contribution in [0.1, 0.15) is 12.5 Å². The first-order valence-electron chi connectivity index (χ1n) is 10.2. The third-order valence-electron chi connectivity index (χ3n) is 5.15. The molecule has 9 nitrogen and oxygen atoms in total. The molecule has 0 saturated heterocycles. The number of nitrogens with one attached hydrogen (secondary N) is 1. The molecule has 0 saturated carbocycles. The zero-order valence-corrected chi connectivity index (χ0v) is 20.1. The molecule has 1 aliphatic rings. The largest absolute Gasteiger partial charge is 0.486 e. The number of sulfonamides is 1. The van der Waals surface area contributed by atoms with Crippen LogP contribution in [0.3, 0.4) is 0 Å². The number of halogens is 1. The van der Waals surface area contributed by atoms with Crippen molar-refractivity contribution in [2.45, 2.75) is 19.5 Å². The van der Waals surface area contributed by atoms with E-state index >= 15 is 0 Å². The van der Waals surface area contributed by atoms with Crippen molar-refractivity contribution in [2.75, 3.05) is 37.4 Å². The number of nitrogens with zero attached hydrogens (tertiary/aromatic N) is 2. The number of rotatable bonds is 8. The number of amides is 2. The van der Waals surface area contributed by atoms with Gasteiger partial charge in [-0.2, -0.15) is 0 Å². The molecule has 0 fully saturated rings. The van der Waals surface area contributed by atoms with Gasteiger partial charge in [0.1, 0.15) is 25.8 Å². The summed E-state index contributed by atoms with van der Waals surface area (Å²) in [6.45, 7) is 1.89. The summed E-state index contributed by atoms with van der Waals surface area (Å²) in [5, 5.41) is 3.01. The maximum atomic E-state index is 13.4. The smallest absolute Gasteiger partial charge is 0.244 e. The van der Waals surface area contributed by atoms with Crippen LogP contribution in [-0.2, 0) is 26.2 Å². The van der Waals surface area contributed by atoms with Crippen molar-refractivity contribution in [2.24, 2.45) is 0 Å². The summed E-state index contributed by atoms with van der Waals surface area (Å²) in [6, 6.07) is 10.7. The third-order valence-corrected chi connectivity index (χ3v) is 6.52. The highest BCUT2D eigenvalue weighted by Crippen LogP contribution is 2.34. The summed E-state index contributed by atoms with van der Waals surface area (Å²) in [5.41, 5.74) is 0.960. The van der Waals surface area contributed by atoms with Gasteiger partial charge >= 0.3 is 0 Å². The second kappa shape index (κ2) is 10.3. The highest BCUT2D eigenvalue weighted by atomic mass is 35.5. The lowest BCUT2D eigenvalue weighted by Gasteiger charge is -2.31. The van der Waals surface area contributed by atoms with E-state index < -0.39 is 28.5 Å². The second-order valence-corrected chi connectivity index (χ2v) is 9.88. The molecule has 2 amide bonds. The Labute approximate surface area is 198 Å². The maximum Gasteiger partial charge on any atom is 0.244 e. The highest BCUT2D eigenvalue weighted by molar-refractivity contribution is 7.92. The van der Waals surface area contributed by atoms with Crippen LogP contribution >= 0.6 is 11.6 Å². The summed E-state index contributed by atoms with van der Waals surface area (Å²) in [5.74, 6) is -0.0306. The molecular formula is C22H26ClN3O6S. The van der Waals surface area contributed by atoms with Gasteiger partial charge in [-0.05, 0) is 36.8 Å². The Morgan fingerprint density at radius 3 is 2.45 bits per heavy atom. The van der Waals surface area contributed by atoms with Crippen molar-refractivity contribution in [3.05, 3.63) is 53.1 Å². The highest BCUT2D eigenvalue weighted by Gasteiger charge is 2.30. The molecule has 1 aliphatic heterocycles. The Morgan fingerprint density at radius 2 is 1.82 bits per heavy atom. The van der Waals surface area contributed by atoms with Crippen LogP contribution in [-0.4, -0.2) is 64.2 Å². The van der Waals surface area contributed by atoms with Gasteiger partial charge in [-0.25, -0.2) is 8.42 Å². The van der Waals surface area contributed by atoms with E-state index in [2.05, 4.69) is 5.32 Å². The fraction of sp³-hybridized carbons (Fsp3) is 0.364. The number of anilines is 1. The minimum atomic E-state index is -3.84. The molecule has 1 N–H and O–H groups in total. The number of fused-ring (bicyclic) bond motifs is 1. The summed E-state index contributed by atoms with van der Waals surface area (Å²) in [4.78, 5) is 27.0. The predicted molar refractivity (Wildman–Crippen MR) is 125 cm³/mol. The number of hydrogen-bond donors (Lipinski definition) is 1. The average Bonchev–Trinajstić information content (AvgIpc) is 2.78. The van der Waals surface area contributed by atoms with Crippen LogP contribution in [0.25, 0.3) is 0 Å². The lowest BCUT2D eigenvalue weighted by Crippen LogP contribution is -2.50. The van der Waals surface area contributed by atoms with Crippen LogP contribution in [0.2, 0.25) is 5.02 Å². The van der Waals surface area contributed by atoms with Crippen LogP contribution in [0.15, 0.2) is 42.5 Å². The molecule has 0 aromatic heterocycles. The molecule has 1 atom stereocenters. The van der Waals surface area contributed by atoms with Gasteiger partial charge in [-0.15, -0.1) is 0 Å². The monoisotopic (exact) mass is 495 g/mol. The number of hydrogen-bond acceptors (Lipinski definition) is 6. The van der Waals surface area contributed by atoms with Crippen molar-refractivity contribution in [1.29, 1.82) is 0 Å². The Morgan fingerprint density at radius 1 is 1.12 bits per heavy atom. The lowest BCUT2D eigenvalue weighted by molar-refractivity contribution is -0.139. The zero-order valence-electron chi connectivity index (χ0n) is 18.6. The Hall–Kier alpha value is -2.98. The van der Waals surface area contributed by atoms with Gasteiger partial charge in [-0.1, -0.05) is 23.7 Å². The number of carbonyl (C=O) groups is 2. The Kier molecular flexibility index (Phi) is 7.70. The summed E-state index contributed by atoms with van der Waals surface area (Å²) in [7, 11) is -2.37. The molecule has 178 valence electrons. The summed E-state index contributed by atoms with van der Waals surface area (Å²) < 4.78 is 37.2. The number of benzene rings is 2. The first kappa shape index (κ1) is 24.7. The van der Waals surface area contributed by atoms with Gasteiger partial charge in [0.05, 0.1) is 11.9 Å². The molecule has 2 aromatic rings. The predicted octanol–water partition coefficient (Wildman–Crippen LogP) is 2.04. The molecule has 33 heavy (non-hydrogen) atoms. The maximum absolute atomic E-state index is 13.4. The van der Waals surface area contributed by atoms with E-state index in [1.165, 1.54) is 18.0 Å². The topological polar surface area (TPSA) is 105 Å². The fourth-order valence-corrected chi connectivity index (χ4v) is 4.48. The van der Waals surface area contributed by atoms with E-state index in [4.69, 9.17) is 21.1 Å². The van der Waals surface area contributed by atoms with Crippen molar-refractivity contribution >= 4 is 39.1 Å². The van der Waals surface area contributed by atoms with E-state index in [1.54, 1.807) is 43.3 Å². The van der Waals surface area contributed by atoms with Crippen molar-refractivity contribution in [3.63, 3.8) is 0 Å². The first-order chi connectivity index (χ1) is 15.6. The molecular weight excluding hydrogens is 470 g/mol. The normalized spacial score (nSPS) is 13.7. The SMILES string of the molecule is CNC(=O)C(C)N(Cc1cccc(Cl)c1)C(=O)CN(c1ccc2c(c1)OCCO2)S(C)(=O)=O. The van der Waals surface area contributed by atoms with Crippen LogP contribution in [0.5, 0.6) is 11.5 Å². The van der Waals surface area contributed by atoms with Crippen molar-refractivity contribution in [1.82, 2.24) is 10.2 Å². The Balaban J connectivity index is 1.92. The second-order valence-electron chi connectivity index (χ2n) is 7.54. The van der Waals surface area contributed by atoms with Gasteiger partial charge in [0, 0.05) is 24.7 Å².